The van der Waals surface area contributed by atoms with Crippen LogP contribution in [0.15, 0.2) is 71.8 Å². The molecular formula is C21H22NOP. The Balaban J connectivity index is 1.82. The number of hydrogen-bond acceptors (Lipinski definition) is 2. The lowest BCUT2D eigenvalue weighted by Crippen LogP contribution is -2.11. The summed E-state index contributed by atoms with van der Waals surface area (Å²) in [5.74, 6) is 0.926. The molecule has 0 fully saturated rings. The van der Waals surface area contributed by atoms with Crippen molar-refractivity contribution in [1.82, 2.24) is 0 Å². The number of phenolic OH excluding ortho intramolecular Hbond substituents is 1. The van der Waals surface area contributed by atoms with Gasteiger partial charge in [-0.1, -0.05) is 63.2 Å². The van der Waals surface area contributed by atoms with Gasteiger partial charge in [0.15, 0.2) is 0 Å². The summed E-state index contributed by atoms with van der Waals surface area (Å²) in [7, 11) is 2.20. The lowest BCUT2D eigenvalue weighted by molar-refractivity contribution is 0.479. The Kier molecular flexibility index (Phi) is 5.61. The highest BCUT2D eigenvalue weighted by molar-refractivity contribution is 7.56. The van der Waals surface area contributed by atoms with E-state index in [2.05, 4.69) is 47.5 Å². The van der Waals surface area contributed by atoms with Crippen molar-refractivity contribution in [1.29, 1.82) is 0 Å². The van der Waals surface area contributed by atoms with E-state index in [9.17, 15) is 5.11 Å². The number of phenols is 1. The summed E-state index contributed by atoms with van der Waals surface area (Å²) in [5.41, 5.74) is 2.39. The lowest BCUT2D eigenvalue weighted by atomic mass is 9.93. The van der Waals surface area contributed by atoms with Gasteiger partial charge in [-0.05, 0) is 47.3 Å². The van der Waals surface area contributed by atoms with Gasteiger partial charge in [-0.15, -0.1) is 0 Å². The van der Waals surface area contributed by atoms with Gasteiger partial charge in [-0.3, -0.25) is 4.99 Å². The number of allylic oxidation sites excluding steroid dienone is 4. The number of benzene rings is 2. The first-order chi connectivity index (χ1) is 11.8. The Morgan fingerprint density at radius 3 is 2.83 bits per heavy atom. The minimum Gasteiger partial charge on any atom is -0.507 e. The zero-order valence-electron chi connectivity index (χ0n) is 13.8. The largest absolute Gasteiger partial charge is 0.507 e. The van der Waals surface area contributed by atoms with Gasteiger partial charge in [-0.2, -0.15) is 0 Å². The Hall–Kier alpha value is -2.18. The molecule has 0 radical (unpaired) electrons. The summed E-state index contributed by atoms with van der Waals surface area (Å²) in [5, 5.41) is 12.5. The third kappa shape index (κ3) is 4.21. The quantitative estimate of drug-likeness (QED) is 0.655. The van der Waals surface area contributed by atoms with Crippen molar-refractivity contribution < 1.29 is 5.11 Å². The van der Waals surface area contributed by atoms with E-state index in [-0.39, 0.29) is 0 Å². The van der Waals surface area contributed by atoms with Crippen molar-refractivity contribution >= 4 is 25.4 Å². The molecule has 0 spiro atoms. The van der Waals surface area contributed by atoms with Crippen molar-refractivity contribution in [2.24, 2.45) is 10.9 Å². The van der Waals surface area contributed by atoms with Crippen LogP contribution >= 0.6 is 8.58 Å². The maximum absolute atomic E-state index is 10.3. The summed E-state index contributed by atoms with van der Waals surface area (Å²) in [6.45, 7) is 0. The van der Waals surface area contributed by atoms with Crippen LogP contribution in [-0.4, -0.2) is 18.4 Å². The van der Waals surface area contributed by atoms with Crippen molar-refractivity contribution in [3.05, 3.63) is 77.9 Å². The zero-order valence-corrected chi connectivity index (χ0v) is 14.8. The van der Waals surface area contributed by atoms with E-state index in [1.165, 1.54) is 10.9 Å². The molecule has 1 aliphatic carbocycles. The van der Waals surface area contributed by atoms with Crippen molar-refractivity contribution in [2.45, 2.75) is 12.8 Å². The van der Waals surface area contributed by atoms with Gasteiger partial charge in [0, 0.05) is 18.6 Å². The molecule has 0 aliphatic heterocycles. The van der Waals surface area contributed by atoms with Gasteiger partial charge < -0.3 is 5.11 Å². The SMILES string of the molecule is C/N=C/c1ccccc1Pc1cc(CC2C=CC=CC2)ccc1O. The fourth-order valence-electron chi connectivity index (χ4n) is 2.90. The molecule has 0 heterocycles. The highest BCUT2D eigenvalue weighted by atomic mass is 31.1. The molecule has 1 N–H and O–H groups in total. The Morgan fingerprint density at radius 1 is 1.17 bits per heavy atom. The first-order valence-corrected chi connectivity index (χ1v) is 9.19. The fourth-order valence-corrected chi connectivity index (χ4v) is 4.13. The molecule has 1 aliphatic rings. The maximum Gasteiger partial charge on any atom is 0.123 e. The molecule has 2 nitrogen and oxygen atoms in total. The van der Waals surface area contributed by atoms with Gasteiger partial charge in [0.1, 0.15) is 5.75 Å². The van der Waals surface area contributed by atoms with Gasteiger partial charge in [0.05, 0.1) is 0 Å². The molecule has 24 heavy (non-hydrogen) atoms. The molecule has 122 valence electrons. The Morgan fingerprint density at radius 2 is 2.04 bits per heavy atom. The maximum atomic E-state index is 10.3. The van der Waals surface area contributed by atoms with Crippen LogP contribution < -0.4 is 10.6 Å². The third-order valence-corrected chi connectivity index (χ3v) is 5.52. The number of aromatic hydroxyl groups is 1. The van der Waals surface area contributed by atoms with Crippen LogP contribution in [-0.2, 0) is 6.42 Å². The highest BCUT2D eigenvalue weighted by Crippen LogP contribution is 2.23. The fraction of sp³-hybridized carbons (Fsp3) is 0.190. The number of rotatable bonds is 5. The highest BCUT2D eigenvalue weighted by Gasteiger charge is 2.10. The number of aliphatic imine (C=N–C) groups is 1. The predicted octanol–water partition coefficient (Wildman–Crippen LogP) is 3.75. The number of nitrogens with zero attached hydrogens (tertiary/aromatic N) is 1. The van der Waals surface area contributed by atoms with Crippen LogP contribution in [0.2, 0.25) is 0 Å². The van der Waals surface area contributed by atoms with Crippen molar-refractivity contribution in [2.75, 3.05) is 7.05 Å². The Bertz CT molecular complexity index is 792. The molecule has 2 aromatic carbocycles. The first kappa shape index (κ1) is 16.7. The van der Waals surface area contributed by atoms with Crippen LogP contribution in [0.25, 0.3) is 0 Å². The second kappa shape index (κ2) is 8.08. The molecule has 2 atom stereocenters. The van der Waals surface area contributed by atoms with Crippen LogP contribution in [0.4, 0.5) is 0 Å². The molecular weight excluding hydrogens is 313 g/mol. The molecule has 0 saturated heterocycles. The molecule has 0 saturated carbocycles. The zero-order chi connectivity index (χ0) is 16.8. The summed E-state index contributed by atoms with van der Waals surface area (Å²) in [4.78, 5) is 4.13. The van der Waals surface area contributed by atoms with Crippen LogP contribution in [0, 0.1) is 5.92 Å². The Labute approximate surface area is 145 Å². The first-order valence-electron chi connectivity index (χ1n) is 8.19. The average Bonchev–Trinajstić information content (AvgIpc) is 2.61. The van der Waals surface area contributed by atoms with E-state index in [0.717, 1.165) is 23.7 Å². The van der Waals surface area contributed by atoms with Gasteiger partial charge in [0.25, 0.3) is 0 Å². The van der Waals surface area contributed by atoms with E-state index in [1.54, 1.807) is 7.05 Å². The molecule has 2 unspecified atom stereocenters. The molecule has 2 aromatic rings. The monoisotopic (exact) mass is 335 g/mol. The third-order valence-electron chi connectivity index (χ3n) is 4.13. The standard InChI is InChI=1S/C21H22NOP/c1-22-15-18-9-5-6-10-20(18)24-21-14-17(11-12-19(21)23)13-16-7-3-2-4-8-16/h2-7,9-12,14-16,23-24H,8,13H2,1H3/b22-15+. The molecule has 3 heteroatoms. The van der Waals surface area contributed by atoms with E-state index in [1.807, 2.05) is 30.5 Å². The van der Waals surface area contributed by atoms with E-state index < -0.39 is 0 Å². The average molecular weight is 335 g/mol. The van der Waals surface area contributed by atoms with Crippen LogP contribution in [0.5, 0.6) is 5.75 Å². The second-order valence-electron chi connectivity index (χ2n) is 5.96. The molecule has 0 aromatic heterocycles. The van der Waals surface area contributed by atoms with Gasteiger partial charge in [0.2, 0.25) is 0 Å². The smallest absolute Gasteiger partial charge is 0.123 e. The molecule has 3 rings (SSSR count). The van der Waals surface area contributed by atoms with Crippen molar-refractivity contribution in [3.63, 3.8) is 0 Å². The summed E-state index contributed by atoms with van der Waals surface area (Å²) < 4.78 is 0. The normalized spacial score (nSPS) is 17.3. The van der Waals surface area contributed by atoms with E-state index in [0.29, 0.717) is 20.2 Å². The van der Waals surface area contributed by atoms with Gasteiger partial charge >= 0.3 is 0 Å². The summed E-state index contributed by atoms with van der Waals surface area (Å²) in [6.07, 6.45) is 12.7. The minimum atomic E-state index is 0.374. The topological polar surface area (TPSA) is 32.6 Å². The van der Waals surface area contributed by atoms with E-state index >= 15 is 0 Å². The summed E-state index contributed by atoms with van der Waals surface area (Å²) >= 11 is 0. The predicted molar refractivity (Wildman–Crippen MR) is 106 cm³/mol. The van der Waals surface area contributed by atoms with Crippen molar-refractivity contribution in [3.8, 4) is 5.75 Å². The summed E-state index contributed by atoms with van der Waals surface area (Å²) in [6, 6.07) is 14.2. The van der Waals surface area contributed by atoms with Crippen LogP contribution in [0.1, 0.15) is 17.5 Å². The molecule has 0 amide bonds. The van der Waals surface area contributed by atoms with Gasteiger partial charge in [-0.25, -0.2) is 0 Å². The minimum absolute atomic E-state index is 0.374. The lowest BCUT2D eigenvalue weighted by Gasteiger charge is -2.15. The second-order valence-corrected chi connectivity index (χ2v) is 7.29. The molecule has 0 bridgehead atoms. The van der Waals surface area contributed by atoms with E-state index in [4.69, 9.17) is 0 Å². The number of hydrogen-bond donors (Lipinski definition) is 1. The van der Waals surface area contributed by atoms with Crippen LogP contribution in [0.3, 0.4) is 0 Å².